The maximum absolute atomic E-state index is 12.6. The molecule has 1 aliphatic heterocycles. The van der Waals surface area contributed by atoms with Crippen molar-refractivity contribution < 1.29 is 19.1 Å². The van der Waals surface area contributed by atoms with Crippen LogP contribution in [0.2, 0.25) is 0 Å². The van der Waals surface area contributed by atoms with Crippen molar-refractivity contribution in [3.8, 4) is 5.75 Å². The number of hydrogen-bond donors (Lipinski definition) is 0. The first-order chi connectivity index (χ1) is 12.0. The van der Waals surface area contributed by atoms with Gasteiger partial charge in [0.05, 0.1) is 11.8 Å². The minimum Gasteiger partial charge on any atom is -0.425 e. The molecule has 0 N–H and O–H groups in total. The Labute approximate surface area is 146 Å². The van der Waals surface area contributed by atoms with E-state index in [1.165, 1.54) is 0 Å². The maximum atomic E-state index is 12.6. The van der Waals surface area contributed by atoms with Crippen molar-refractivity contribution in [2.45, 2.75) is 26.2 Å². The fourth-order valence-corrected chi connectivity index (χ4v) is 4.45. The van der Waals surface area contributed by atoms with Crippen molar-refractivity contribution in [3.05, 3.63) is 42.0 Å². The zero-order valence-electron chi connectivity index (χ0n) is 14.3. The second-order valence-corrected chi connectivity index (χ2v) is 7.43. The molecule has 1 saturated heterocycles. The molecule has 5 heteroatoms. The second-order valence-electron chi connectivity index (χ2n) is 7.43. The summed E-state index contributed by atoms with van der Waals surface area (Å²) in [4.78, 5) is 38.7. The normalized spacial score (nSPS) is 29.6. The van der Waals surface area contributed by atoms with Crippen LogP contribution in [-0.2, 0) is 14.4 Å². The summed E-state index contributed by atoms with van der Waals surface area (Å²) in [7, 11) is 0. The zero-order chi connectivity index (χ0) is 17.7. The van der Waals surface area contributed by atoms with E-state index in [0.717, 1.165) is 16.9 Å². The van der Waals surface area contributed by atoms with Gasteiger partial charge in [0, 0.05) is 0 Å². The number of rotatable bonds is 4. The standard InChI is InChI=1S/C20H21NO4/c1-11(2)14-5-3-4-6-15(14)25-16(22)10-21-19(23)17-12-7-8-13(9-12)18(17)20(21)24/h3-8,11-13,17-18H,9-10H2,1-2H3. The van der Waals surface area contributed by atoms with Crippen LogP contribution in [0.25, 0.3) is 0 Å². The molecule has 5 nitrogen and oxygen atoms in total. The highest BCUT2D eigenvalue weighted by atomic mass is 16.5. The van der Waals surface area contributed by atoms with E-state index in [2.05, 4.69) is 0 Å². The summed E-state index contributed by atoms with van der Waals surface area (Å²) in [5, 5.41) is 0. The second kappa shape index (κ2) is 5.83. The molecule has 2 aliphatic carbocycles. The van der Waals surface area contributed by atoms with Gasteiger partial charge in [-0.25, -0.2) is 4.79 Å². The molecule has 1 aromatic carbocycles. The number of hydrogen-bond acceptors (Lipinski definition) is 4. The Hall–Kier alpha value is -2.43. The Bertz CT molecular complexity index is 752. The van der Waals surface area contributed by atoms with Gasteiger partial charge in [-0.05, 0) is 35.8 Å². The molecule has 0 aromatic heterocycles. The monoisotopic (exact) mass is 339 g/mol. The van der Waals surface area contributed by atoms with Crippen LogP contribution in [0.1, 0.15) is 31.7 Å². The van der Waals surface area contributed by atoms with Gasteiger partial charge in [-0.15, -0.1) is 0 Å². The Morgan fingerprint density at radius 2 is 1.72 bits per heavy atom. The molecule has 2 bridgehead atoms. The Morgan fingerprint density at radius 3 is 2.32 bits per heavy atom. The number of fused-ring (bicyclic) bond motifs is 5. The van der Waals surface area contributed by atoms with E-state index in [9.17, 15) is 14.4 Å². The summed E-state index contributed by atoms with van der Waals surface area (Å²) in [6.07, 6.45) is 4.96. The van der Waals surface area contributed by atoms with Gasteiger partial charge >= 0.3 is 5.97 Å². The van der Waals surface area contributed by atoms with Gasteiger partial charge in [-0.1, -0.05) is 44.2 Å². The number of para-hydroxylation sites is 1. The lowest BCUT2D eigenvalue weighted by atomic mass is 9.85. The van der Waals surface area contributed by atoms with Crippen LogP contribution >= 0.6 is 0 Å². The number of amides is 2. The lowest BCUT2D eigenvalue weighted by Gasteiger charge is -2.17. The summed E-state index contributed by atoms with van der Waals surface area (Å²) < 4.78 is 5.46. The molecule has 0 spiro atoms. The molecule has 4 rings (SSSR count). The van der Waals surface area contributed by atoms with Crippen molar-refractivity contribution in [3.63, 3.8) is 0 Å². The molecular formula is C20H21NO4. The van der Waals surface area contributed by atoms with Gasteiger partial charge in [-0.2, -0.15) is 0 Å². The van der Waals surface area contributed by atoms with Gasteiger partial charge in [0.25, 0.3) is 0 Å². The van der Waals surface area contributed by atoms with Gasteiger partial charge < -0.3 is 4.74 Å². The number of carbonyl (C=O) groups excluding carboxylic acids is 3. The average molecular weight is 339 g/mol. The molecule has 4 atom stereocenters. The number of nitrogens with zero attached hydrogens (tertiary/aromatic N) is 1. The quantitative estimate of drug-likeness (QED) is 0.366. The average Bonchev–Trinajstić information content (AvgIpc) is 3.25. The number of ether oxygens (including phenoxy) is 1. The van der Waals surface area contributed by atoms with E-state index in [1.807, 2.05) is 38.1 Å². The summed E-state index contributed by atoms with van der Waals surface area (Å²) in [5.74, 6) is -0.583. The predicted octanol–water partition coefficient (Wildman–Crippen LogP) is 2.52. The smallest absolute Gasteiger partial charge is 0.331 e. The minimum atomic E-state index is -0.574. The molecule has 2 amide bonds. The van der Waals surface area contributed by atoms with Gasteiger partial charge in [-0.3, -0.25) is 14.5 Å². The van der Waals surface area contributed by atoms with Crippen molar-refractivity contribution in [1.29, 1.82) is 0 Å². The molecular weight excluding hydrogens is 318 g/mol. The molecule has 2 fully saturated rings. The highest BCUT2D eigenvalue weighted by molar-refractivity contribution is 6.08. The highest BCUT2D eigenvalue weighted by Crippen LogP contribution is 2.52. The molecule has 1 aromatic rings. The topological polar surface area (TPSA) is 63.7 Å². The van der Waals surface area contributed by atoms with E-state index in [-0.39, 0.29) is 47.9 Å². The van der Waals surface area contributed by atoms with E-state index in [0.29, 0.717) is 5.75 Å². The Kier molecular flexibility index (Phi) is 3.74. The molecule has 1 heterocycles. The predicted molar refractivity (Wildman–Crippen MR) is 90.6 cm³/mol. The van der Waals surface area contributed by atoms with Crippen LogP contribution in [0.4, 0.5) is 0 Å². The molecule has 3 aliphatic rings. The fraction of sp³-hybridized carbons (Fsp3) is 0.450. The van der Waals surface area contributed by atoms with Gasteiger partial charge in [0.15, 0.2) is 0 Å². The molecule has 4 unspecified atom stereocenters. The lowest BCUT2D eigenvalue weighted by molar-refractivity contribution is -0.148. The SMILES string of the molecule is CC(C)c1ccccc1OC(=O)CN1C(=O)C2C3C=CC(C3)C2C1=O. The minimum absolute atomic E-state index is 0.147. The first-order valence-corrected chi connectivity index (χ1v) is 8.80. The van der Waals surface area contributed by atoms with Crippen LogP contribution in [0, 0.1) is 23.7 Å². The zero-order valence-corrected chi connectivity index (χ0v) is 14.3. The molecule has 0 radical (unpaired) electrons. The number of esters is 1. The Morgan fingerprint density at radius 1 is 1.12 bits per heavy atom. The van der Waals surface area contributed by atoms with E-state index < -0.39 is 5.97 Å². The third kappa shape index (κ3) is 2.49. The van der Waals surface area contributed by atoms with Crippen LogP contribution in [0.3, 0.4) is 0 Å². The van der Waals surface area contributed by atoms with E-state index in [1.54, 1.807) is 12.1 Å². The third-order valence-corrected chi connectivity index (χ3v) is 5.61. The maximum Gasteiger partial charge on any atom is 0.331 e. The van der Waals surface area contributed by atoms with Gasteiger partial charge in [0.1, 0.15) is 12.3 Å². The lowest BCUT2D eigenvalue weighted by Crippen LogP contribution is -2.38. The highest BCUT2D eigenvalue weighted by Gasteiger charge is 2.59. The molecule has 1 saturated carbocycles. The van der Waals surface area contributed by atoms with Crippen LogP contribution < -0.4 is 4.74 Å². The van der Waals surface area contributed by atoms with Crippen LogP contribution in [-0.4, -0.2) is 29.2 Å². The number of allylic oxidation sites excluding steroid dienone is 2. The molecule has 25 heavy (non-hydrogen) atoms. The number of likely N-dealkylation sites (tertiary alicyclic amines) is 1. The summed E-state index contributed by atoms with van der Waals surface area (Å²) in [5.41, 5.74) is 0.925. The Balaban J connectivity index is 1.47. The summed E-state index contributed by atoms with van der Waals surface area (Å²) in [6.45, 7) is 3.73. The van der Waals surface area contributed by atoms with Crippen molar-refractivity contribution in [2.75, 3.05) is 6.54 Å². The van der Waals surface area contributed by atoms with Crippen LogP contribution in [0.15, 0.2) is 36.4 Å². The third-order valence-electron chi connectivity index (χ3n) is 5.61. The van der Waals surface area contributed by atoms with Crippen LogP contribution in [0.5, 0.6) is 5.75 Å². The fourth-order valence-electron chi connectivity index (χ4n) is 4.45. The van der Waals surface area contributed by atoms with Crippen molar-refractivity contribution in [2.24, 2.45) is 23.7 Å². The summed E-state index contributed by atoms with van der Waals surface area (Å²) >= 11 is 0. The largest absolute Gasteiger partial charge is 0.425 e. The summed E-state index contributed by atoms with van der Waals surface area (Å²) in [6, 6.07) is 7.34. The number of carbonyl (C=O) groups is 3. The molecule has 130 valence electrons. The van der Waals surface area contributed by atoms with Crippen molar-refractivity contribution >= 4 is 17.8 Å². The number of imide groups is 1. The number of benzene rings is 1. The first-order valence-electron chi connectivity index (χ1n) is 8.80. The first kappa shape index (κ1) is 16.1. The van der Waals surface area contributed by atoms with E-state index >= 15 is 0 Å². The van der Waals surface area contributed by atoms with Gasteiger partial charge in [0.2, 0.25) is 11.8 Å². The van der Waals surface area contributed by atoms with Crippen molar-refractivity contribution in [1.82, 2.24) is 4.90 Å². The van der Waals surface area contributed by atoms with E-state index in [4.69, 9.17) is 4.74 Å².